The zero-order valence-electron chi connectivity index (χ0n) is 11.5. The van der Waals surface area contributed by atoms with E-state index >= 15 is 0 Å². The molecule has 1 aromatic rings. The molecule has 0 spiro atoms. The Bertz CT molecular complexity index is 418. The van der Waals surface area contributed by atoms with Crippen molar-refractivity contribution in [3.63, 3.8) is 0 Å². The second-order valence-corrected chi connectivity index (χ2v) is 6.86. The second kappa shape index (κ2) is 8.42. The summed E-state index contributed by atoms with van der Waals surface area (Å²) in [6.45, 7) is 0.709. The van der Waals surface area contributed by atoms with Crippen molar-refractivity contribution in [3.8, 4) is 0 Å². The van der Waals surface area contributed by atoms with E-state index in [-0.39, 0.29) is 6.03 Å². The first-order chi connectivity index (χ1) is 9.74. The largest absolute Gasteiger partial charge is 0.337 e. The molecule has 0 radical (unpaired) electrons. The Morgan fingerprint density at radius 3 is 2.60 bits per heavy atom. The number of thioether (sulfide) groups is 1. The van der Waals surface area contributed by atoms with Crippen LogP contribution >= 0.6 is 23.4 Å². The molecule has 0 aliphatic heterocycles. The summed E-state index contributed by atoms with van der Waals surface area (Å²) in [5.41, 5.74) is 0.756. The van der Waals surface area contributed by atoms with Crippen molar-refractivity contribution < 1.29 is 4.79 Å². The highest BCUT2D eigenvalue weighted by atomic mass is 35.5. The van der Waals surface area contributed by atoms with Crippen LogP contribution < -0.4 is 10.6 Å². The number of nitrogens with one attached hydrogen (secondary N) is 2. The molecule has 110 valence electrons. The number of benzene rings is 1. The zero-order chi connectivity index (χ0) is 14.2. The first-order valence-corrected chi connectivity index (χ1v) is 8.59. The van der Waals surface area contributed by atoms with Crippen molar-refractivity contribution in [3.05, 3.63) is 29.3 Å². The normalized spacial score (nSPS) is 15.8. The molecule has 2 amide bonds. The summed E-state index contributed by atoms with van der Waals surface area (Å²) in [6.07, 6.45) is 6.78. The first kappa shape index (κ1) is 15.5. The number of rotatable bonds is 5. The van der Waals surface area contributed by atoms with E-state index in [9.17, 15) is 4.79 Å². The molecule has 2 rings (SSSR count). The molecule has 0 aromatic heterocycles. The van der Waals surface area contributed by atoms with Gasteiger partial charge >= 0.3 is 6.03 Å². The van der Waals surface area contributed by atoms with Crippen molar-refractivity contribution in [2.75, 3.05) is 17.6 Å². The van der Waals surface area contributed by atoms with Gasteiger partial charge in [-0.2, -0.15) is 11.8 Å². The van der Waals surface area contributed by atoms with E-state index in [0.717, 1.165) is 16.7 Å². The van der Waals surface area contributed by atoms with Gasteiger partial charge in [-0.05, 0) is 37.1 Å². The average Bonchev–Trinajstić information content (AvgIpc) is 2.47. The van der Waals surface area contributed by atoms with Gasteiger partial charge in [-0.25, -0.2) is 4.79 Å². The highest BCUT2D eigenvalue weighted by Gasteiger charge is 2.13. The Labute approximate surface area is 129 Å². The summed E-state index contributed by atoms with van der Waals surface area (Å²) in [6, 6.07) is 6.94. The predicted molar refractivity (Wildman–Crippen MR) is 87.8 cm³/mol. The van der Waals surface area contributed by atoms with Gasteiger partial charge in [-0.15, -0.1) is 0 Å². The monoisotopic (exact) mass is 312 g/mol. The molecule has 2 N–H and O–H groups in total. The smallest absolute Gasteiger partial charge is 0.319 e. The van der Waals surface area contributed by atoms with Crippen LogP contribution in [0.3, 0.4) is 0 Å². The molecule has 1 saturated carbocycles. The molecule has 3 nitrogen and oxygen atoms in total. The van der Waals surface area contributed by atoms with Crippen molar-refractivity contribution >= 4 is 35.1 Å². The highest BCUT2D eigenvalue weighted by Crippen LogP contribution is 2.27. The molecule has 0 heterocycles. The van der Waals surface area contributed by atoms with Crippen LogP contribution in [0, 0.1) is 0 Å². The molecule has 0 unspecified atom stereocenters. The molecule has 5 heteroatoms. The Morgan fingerprint density at radius 2 is 1.90 bits per heavy atom. The van der Waals surface area contributed by atoms with Crippen LogP contribution in [-0.2, 0) is 0 Å². The van der Waals surface area contributed by atoms with Gasteiger partial charge in [0.25, 0.3) is 0 Å². The quantitative estimate of drug-likeness (QED) is 0.784. The third-order valence-corrected chi connectivity index (χ3v) is 5.03. The van der Waals surface area contributed by atoms with E-state index in [0.29, 0.717) is 11.6 Å². The number of amides is 2. The number of hydrogen-bond donors (Lipinski definition) is 2. The van der Waals surface area contributed by atoms with Crippen LogP contribution in [0.5, 0.6) is 0 Å². The number of urea groups is 1. The minimum Gasteiger partial charge on any atom is -0.337 e. The summed E-state index contributed by atoms with van der Waals surface area (Å²) >= 11 is 7.78. The minimum atomic E-state index is -0.156. The van der Waals surface area contributed by atoms with Gasteiger partial charge in [0.2, 0.25) is 0 Å². The molecule has 1 aliphatic carbocycles. The van der Waals surface area contributed by atoms with Crippen LogP contribution in [0.15, 0.2) is 24.3 Å². The van der Waals surface area contributed by atoms with Gasteiger partial charge in [0.15, 0.2) is 0 Å². The van der Waals surface area contributed by atoms with Gasteiger partial charge in [0.05, 0.1) is 0 Å². The maximum Gasteiger partial charge on any atom is 0.319 e. The Balaban J connectivity index is 1.59. The molecular formula is C15H21ClN2OS. The fourth-order valence-electron chi connectivity index (χ4n) is 2.33. The van der Waals surface area contributed by atoms with E-state index in [1.165, 1.54) is 32.1 Å². The van der Waals surface area contributed by atoms with Gasteiger partial charge < -0.3 is 10.6 Å². The standard InChI is InChI=1S/C15H21ClN2OS/c16-12-6-8-13(9-7-12)18-15(19)17-10-11-20-14-4-2-1-3-5-14/h6-9,14H,1-5,10-11H2,(H2,17,18,19). The Hall–Kier alpha value is -0.870. The highest BCUT2D eigenvalue weighted by molar-refractivity contribution is 7.99. The van der Waals surface area contributed by atoms with Crippen molar-refractivity contribution in [2.45, 2.75) is 37.4 Å². The number of carbonyl (C=O) groups excluding carboxylic acids is 1. The molecule has 1 fully saturated rings. The summed E-state index contributed by atoms with van der Waals surface area (Å²) in [5, 5.41) is 7.13. The van der Waals surface area contributed by atoms with E-state index < -0.39 is 0 Å². The van der Waals surface area contributed by atoms with Crippen LogP contribution in [0.2, 0.25) is 5.02 Å². The number of anilines is 1. The fourth-order valence-corrected chi connectivity index (χ4v) is 3.68. The van der Waals surface area contributed by atoms with Gasteiger partial charge in [-0.3, -0.25) is 0 Å². The maximum atomic E-state index is 11.7. The van der Waals surface area contributed by atoms with Crippen molar-refractivity contribution in [1.82, 2.24) is 5.32 Å². The SMILES string of the molecule is O=C(NCCSC1CCCCC1)Nc1ccc(Cl)cc1. The zero-order valence-corrected chi connectivity index (χ0v) is 13.1. The summed E-state index contributed by atoms with van der Waals surface area (Å²) in [4.78, 5) is 11.7. The maximum absolute atomic E-state index is 11.7. The molecule has 0 atom stereocenters. The lowest BCUT2D eigenvalue weighted by molar-refractivity contribution is 0.252. The predicted octanol–water partition coefficient (Wildman–Crippen LogP) is 4.53. The van der Waals surface area contributed by atoms with Crippen LogP contribution in [-0.4, -0.2) is 23.6 Å². The summed E-state index contributed by atoms with van der Waals surface area (Å²) in [7, 11) is 0. The van der Waals surface area contributed by atoms with E-state index in [1.54, 1.807) is 24.3 Å². The lowest BCUT2D eigenvalue weighted by Crippen LogP contribution is -2.30. The summed E-state index contributed by atoms with van der Waals surface area (Å²) in [5.74, 6) is 0.985. The lowest BCUT2D eigenvalue weighted by Gasteiger charge is -2.20. The second-order valence-electron chi connectivity index (χ2n) is 5.02. The van der Waals surface area contributed by atoms with Crippen LogP contribution in [0.25, 0.3) is 0 Å². The number of halogens is 1. The Kier molecular flexibility index (Phi) is 6.54. The van der Waals surface area contributed by atoms with Gasteiger partial charge in [-0.1, -0.05) is 30.9 Å². The van der Waals surface area contributed by atoms with Gasteiger partial charge in [0.1, 0.15) is 0 Å². The Morgan fingerprint density at radius 1 is 1.20 bits per heavy atom. The van der Waals surface area contributed by atoms with E-state index in [2.05, 4.69) is 10.6 Å². The molecule has 1 aromatic carbocycles. The van der Waals surface area contributed by atoms with E-state index in [1.807, 2.05) is 11.8 Å². The third-order valence-electron chi connectivity index (χ3n) is 3.40. The topological polar surface area (TPSA) is 41.1 Å². The number of hydrogen-bond acceptors (Lipinski definition) is 2. The lowest BCUT2D eigenvalue weighted by atomic mass is 10.0. The average molecular weight is 313 g/mol. The van der Waals surface area contributed by atoms with Crippen molar-refractivity contribution in [1.29, 1.82) is 0 Å². The van der Waals surface area contributed by atoms with E-state index in [4.69, 9.17) is 11.6 Å². The fraction of sp³-hybridized carbons (Fsp3) is 0.533. The van der Waals surface area contributed by atoms with Crippen LogP contribution in [0.1, 0.15) is 32.1 Å². The van der Waals surface area contributed by atoms with Crippen LogP contribution in [0.4, 0.5) is 10.5 Å². The molecule has 0 bridgehead atoms. The molecule has 1 aliphatic rings. The first-order valence-electron chi connectivity index (χ1n) is 7.16. The van der Waals surface area contributed by atoms with Crippen molar-refractivity contribution in [2.24, 2.45) is 0 Å². The molecular weight excluding hydrogens is 292 g/mol. The minimum absolute atomic E-state index is 0.156. The number of carbonyl (C=O) groups is 1. The summed E-state index contributed by atoms with van der Waals surface area (Å²) < 4.78 is 0. The molecule has 0 saturated heterocycles. The third kappa shape index (κ3) is 5.63. The molecule has 20 heavy (non-hydrogen) atoms. The van der Waals surface area contributed by atoms with Gasteiger partial charge in [0, 0.05) is 28.3 Å².